The summed E-state index contributed by atoms with van der Waals surface area (Å²) in [5.74, 6) is 0.751. The van der Waals surface area contributed by atoms with Crippen molar-refractivity contribution in [1.82, 2.24) is 9.78 Å². The van der Waals surface area contributed by atoms with Crippen LogP contribution in [0.25, 0.3) is 0 Å². The van der Waals surface area contributed by atoms with E-state index >= 15 is 0 Å². The first-order chi connectivity index (χ1) is 8.67. The molecule has 0 aliphatic carbocycles. The van der Waals surface area contributed by atoms with Gasteiger partial charge in [0.05, 0.1) is 24.0 Å². The first-order valence-corrected chi connectivity index (χ1v) is 6.08. The van der Waals surface area contributed by atoms with Crippen molar-refractivity contribution in [3.8, 4) is 5.75 Å². The van der Waals surface area contributed by atoms with Gasteiger partial charge in [0.1, 0.15) is 11.9 Å². The average Bonchev–Trinajstić information content (AvgIpc) is 2.79. The summed E-state index contributed by atoms with van der Waals surface area (Å²) in [5, 5.41) is 14.9. The predicted octanol–water partition coefficient (Wildman–Crippen LogP) is 2.65. The Kier molecular flexibility index (Phi) is 3.89. The van der Waals surface area contributed by atoms with Gasteiger partial charge in [-0.3, -0.25) is 4.68 Å². The zero-order chi connectivity index (χ0) is 13.1. The minimum absolute atomic E-state index is 0.472. The van der Waals surface area contributed by atoms with Crippen molar-refractivity contribution in [3.63, 3.8) is 0 Å². The molecule has 0 aliphatic heterocycles. The molecule has 0 aliphatic rings. The minimum atomic E-state index is -0.786. The quantitative estimate of drug-likeness (QED) is 0.925. The Morgan fingerprint density at radius 1 is 1.39 bits per heavy atom. The molecule has 0 fully saturated rings. The van der Waals surface area contributed by atoms with Crippen molar-refractivity contribution in [2.75, 3.05) is 7.11 Å². The maximum Gasteiger partial charge on any atom is 0.122 e. The molecule has 0 bridgehead atoms. The number of aliphatic hydroxyl groups is 1. The van der Waals surface area contributed by atoms with Crippen molar-refractivity contribution in [3.05, 3.63) is 46.7 Å². The minimum Gasteiger partial charge on any atom is -0.497 e. The van der Waals surface area contributed by atoms with Crippen LogP contribution in [0.2, 0.25) is 5.02 Å². The molecule has 0 saturated carbocycles. The second kappa shape index (κ2) is 5.42. The third-order valence-corrected chi connectivity index (χ3v) is 3.11. The van der Waals surface area contributed by atoms with Gasteiger partial charge in [-0.05, 0) is 24.6 Å². The summed E-state index contributed by atoms with van der Waals surface area (Å²) in [6.45, 7) is 2.61. The molecule has 18 heavy (non-hydrogen) atoms. The molecule has 2 aromatic rings. The Morgan fingerprint density at radius 2 is 2.06 bits per heavy atom. The van der Waals surface area contributed by atoms with Crippen molar-refractivity contribution in [1.29, 1.82) is 0 Å². The topological polar surface area (TPSA) is 47.3 Å². The highest BCUT2D eigenvalue weighted by atomic mass is 35.5. The van der Waals surface area contributed by atoms with Crippen LogP contribution in [0.15, 0.2) is 30.5 Å². The maximum absolute atomic E-state index is 10.4. The van der Waals surface area contributed by atoms with E-state index < -0.39 is 6.10 Å². The lowest BCUT2D eigenvalue weighted by Gasteiger charge is -2.14. The number of aliphatic hydroxyl groups excluding tert-OH is 1. The Morgan fingerprint density at radius 3 is 2.61 bits per heavy atom. The van der Waals surface area contributed by atoms with E-state index in [2.05, 4.69) is 5.10 Å². The van der Waals surface area contributed by atoms with Gasteiger partial charge >= 0.3 is 0 Å². The van der Waals surface area contributed by atoms with Crippen LogP contribution in [0.1, 0.15) is 24.3 Å². The molecule has 5 heteroatoms. The van der Waals surface area contributed by atoms with Crippen molar-refractivity contribution in [2.24, 2.45) is 0 Å². The van der Waals surface area contributed by atoms with Crippen molar-refractivity contribution in [2.45, 2.75) is 19.6 Å². The average molecular weight is 267 g/mol. The first-order valence-electron chi connectivity index (χ1n) is 5.70. The second-order valence-corrected chi connectivity index (χ2v) is 4.28. The van der Waals surface area contributed by atoms with Crippen molar-refractivity contribution >= 4 is 11.6 Å². The predicted molar refractivity (Wildman–Crippen MR) is 70.0 cm³/mol. The lowest BCUT2D eigenvalue weighted by atomic mass is 10.1. The third kappa shape index (κ3) is 2.35. The molecule has 1 aromatic heterocycles. The highest BCUT2D eigenvalue weighted by Gasteiger charge is 2.19. The van der Waals surface area contributed by atoms with E-state index in [0.717, 1.165) is 11.3 Å². The lowest BCUT2D eigenvalue weighted by molar-refractivity contribution is 0.208. The van der Waals surface area contributed by atoms with E-state index in [4.69, 9.17) is 16.3 Å². The van der Waals surface area contributed by atoms with Gasteiger partial charge in [-0.1, -0.05) is 23.7 Å². The standard InChI is InChI=1S/C13H15ClN2O2/c1-3-16-12(11(14)8-15-16)13(17)9-4-6-10(18-2)7-5-9/h4-8,13,17H,3H2,1-2H3. The lowest BCUT2D eigenvalue weighted by Crippen LogP contribution is -2.09. The molecule has 1 unspecified atom stereocenters. The van der Waals surface area contributed by atoms with E-state index in [-0.39, 0.29) is 0 Å². The second-order valence-electron chi connectivity index (χ2n) is 3.87. The molecule has 2 rings (SSSR count). The van der Waals surface area contributed by atoms with Gasteiger partial charge in [0, 0.05) is 6.54 Å². The number of rotatable bonds is 4. The number of hydrogen-bond donors (Lipinski definition) is 1. The molecular formula is C13H15ClN2O2. The van der Waals surface area contributed by atoms with E-state index in [1.165, 1.54) is 0 Å². The number of aromatic nitrogens is 2. The van der Waals surface area contributed by atoms with Crippen LogP contribution in [0.5, 0.6) is 5.75 Å². The third-order valence-electron chi connectivity index (χ3n) is 2.82. The highest BCUT2D eigenvalue weighted by Crippen LogP contribution is 2.29. The van der Waals surface area contributed by atoms with Gasteiger partial charge < -0.3 is 9.84 Å². The zero-order valence-electron chi connectivity index (χ0n) is 10.3. The van der Waals surface area contributed by atoms with Gasteiger partial charge in [-0.15, -0.1) is 0 Å². The monoisotopic (exact) mass is 266 g/mol. The van der Waals surface area contributed by atoms with Crippen LogP contribution >= 0.6 is 11.6 Å². The Labute approximate surface area is 111 Å². The summed E-state index contributed by atoms with van der Waals surface area (Å²) in [6.07, 6.45) is 0.762. The smallest absolute Gasteiger partial charge is 0.122 e. The molecule has 0 amide bonds. The largest absolute Gasteiger partial charge is 0.497 e. The molecule has 1 atom stereocenters. The van der Waals surface area contributed by atoms with Crippen LogP contribution in [-0.2, 0) is 6.54 Å². The number of ether oxygens (including phenoxy) is 1. The SMILES string of the molecule is CCn1ncc(Cl)c1C(O)c1ccc(OC)cc1. The van der Waals surface area contributed by atoms with E-state index in [1.807, 2.05) is 19.1 Å². The summed E-state index contributed by atoms with van der Waals surface area (Å²) in [4.78, 5) is 0. The molecule has 1 heterocycles. The molecular weight excluding hydrogens is 252 g/mol. The first kappa shape index (κ1) is 12.9. The molecule has 0 saturated heterocycles. The fourth-order valence-electron chi connectivity index (χ4n) is 1.84. The zero-order valence-corrected chi connectivity index (χ0v) is 11.1. The molecule has 1 N–H and O–H groups in total. The Balaban J connectivity index is 2.34. The van der Waals surface area contributed by atoms with Crippen LogP contribution in [0.4, 0.5) is 0 Å². The normalized spacial score (nSPS) is 12.4. The van der Waals surface area contributed by atoms with Gasteiger partial charge in [-0.25, -0.2) is 0 Å². The van der Waals surface area contributed by atoms with Crippen LogP contribution in [0, 0.1) is 0 Å². The summed E-state index contributed by atoms with van der Waals surface area (Å²) in [7, 11) is 1.61. The van der Waals surface area contributed by atoms with Gasteiger partial charge in [0.25, 0.3) is 0 Å². The van der Waals surface area contributed by atoms with E-state index in [1.54, 1.807) is 30.1 Å². The van der Waals surface area contributed by atoms with Gasteiger partial charge in [-0.2, -0.15) is 5.10 Å². The summed E-state index contributed by atoms with van der Waals surface area (Å²) in [5.41, 5.74) is 1.37. The molecule has 1 aromatic carbocycles. The summed E-state index contributed by atoms with van der Waals surface area (Å²) >= 11 is 6.06. The maximum atomic E-state index is 10.4. The highest BCUT2D eigenvalue weighted by molar-refractivity contribution is 6.31. The van der Waals surface area contributed by atoms with E-state index in [9.17, 15) is 5.11 Å². The van der Waals surface area contributed by atoms with Crippen molar-refractivity contribution < 1.29 is 9.84 Å². The Hall–Kier alpha value is -1.52. The number of benzene rings is 1. The van der Waals surface area contributed by atoms with Gasteiger partial charge in [0.15, 0.2) is 0 Å². The summed E-state index contributed by atoms with van der Waals surface area (Å²) < 4.78 is 6.77. The molecule has 0 radical (unpaired) electrons. The van der Waals surface area contributed by atoms with E-state index in [0.29, 0.717) is 17.3 Å². The summed E-state index contributed by atoms with van der Waals surface area (Å²) in [6, 6.07) is 7.23. The molecule has 96 valence electrons. The number of aryl methyl sites for hydroxylation is 1. The number of hydrogen-bond acceptors (Lipinski definition) is 3. The Bertz CT molecular complexity index is 522. The fraction of sp³-hybridized carbons (Fsp3) is 0.308. The van der Waals surface area contributed by atoms with Crippen LogP contribution in [0.3, 0.4) is 0 Å². The number of nitrogens with zero attached hydrogens (tertiary/aromatic N) is 2. The van der Waals surface area contributed by atoms with Crippen LogP contribution in [-0.4, -0.2) is 22.0 Å². The fourth-order valence-corrected chi connectivity index (χ4v) is 2.08. The number of methoxy groups -OCH3 is 1. The van der Waals surface area contributed by atoms with Crippen LogP contribution < -0.4 is 4.74 Å². The van der Waals surface area contributed by atoms with Gasteiger partial charge in [0.2, 0.25) is 0 Å². The molecule has 4 nitrogen and oxygen atoms in total. The number of halogens is 1. The molecule has 0 spiro atoms.